The van der Waals surface area contributed by atoms with E-state index in [4.69, 9.17) is 4.52 Å². The number of aryl methyl sites for hydroxylation is 1. The summed E-state index contributed by atoms with van der Waals surface area (Å²) in [6, 6.07) is 15.4. The van der Waals surface area contributed by atoms with Crippen LogP contribution in [0.5, 0.6) is 0 Å². The SMILES string of the molecule is Cc1cc(-c2c(-c3ccccc3)c3cc(F)ccc3[nH]c2=O)on1. The molecule has 0 aliphatic rings. The molecule has 4 aromatic rings. The van der Waals surface area contributed by atoms with E-state index >= 15 is 0 Å². The van der Waals surface area contributed by atoms with Crippen molar-refractivity contribution in [3.05, 3.63) is 76.5 Å². The zero-order valence-corrected chi connectivity index (χ0v) is 12.8. The maximum Gasteiger partial charge on any atom is 0.260 e. The Morgan fingerprint density at radius 1 is 1.04 bits per heavy atom. The second-order valence-electron chi connectivity index (χ2n) is 5.59. The van der Waals surface area contributed by atoms with Gasteiger partial charge in [-0.2, -0.15) is 0 Å². The van der Waals surface area contributed by atoms with E-state index in [0.29, 0.717) is 33.5 Å². The number of hydrogen-bond acceptors (Lipinski definition) is 3. The number of rotatable bonds is 2. The number of pyridine rings is 1. The molecule has 2 heterocycles. The summed E-state index contributed by atoms with van der Waals surface area (Å²) >= 11 is 0. The van der Waals surface area contributed by atoms with E-state index < -0.39 is 0 Å². The molecule has 4 rings (SSSR count). The van der Waals surface area contributed by atoms with Gasteiger partial charge in [-0.15, -0.1) is 0 Å². The van der Waals surface area contributed by atoms with Crippen LogP contribution in [0.15, 0.2) is 63.9 Å². The van der Waals surface area contributed by atoms with Gasteiger partial charge in [0.2, 0.25) is 0 Å². The lowest BCUT2D eigenvalue weighted by Crippen LogP contribution is -2.11. The van der Waals surface area contributed by atoms with Crippen LogP contribution in [0.1, 0.15) is 5.69 Å². The van der Waals surface area contributed by atoms with Crippen molar-refractivity contribution in [3.8, 4) is 22.5 Å². The summed E-state index contributed by atoms with van der Waals surface area (Å²) in [7, 11) is 0. The molecule has 1 N–H and O–H groups in total. The third-order valence-electron chi connectivity index (χ3n) is 3.91. The molecule has 0 aliphatic carbocycles. The minimum atomic E-state index is -0.369. The number of fused-ring (bicyclic) bond motifs is 1. The number of nitrogens with zero attached hydrogens (tertiary/aromatic N) is 1. The van der Waals surface area contributed by atoms with Crippen LogP contribution in [0.2, 0.25) is 0 Å². The fraction of sp³-hybridized carbons (Fsp3) is 0.0526. The summed E-state index contributed by atoms with van der Waals surface area (Å²) in [6.45, 7) is 1.78. The molecule has 0 aliphatic heterocycles. The predicted molar refractivity (Wildman–Crippen MR) is 90.2 cm³/mol. The van der Waals surface area contributed by atoms with Gasteiger partial charge in [-0.25, -0.2) is 4.39 Å². The molecule has 0 fully saturated rings. The Kier molecular flexibility index (Phi) is 3.27. The molecule has 24 heavy (non-hydrogen) atoms. The maximum absolute atomic E-state index is 13.8. The van der Waals surface area contributed by atoms with Gasteiger partial charge in [0.1, 0.15) is 5.82 Å². The van der Waals surface area contributed by atoms with Crippen molar-refractivity contribution < 1.29 is 8.91 Å². The zero-order valence-electron chi connectivity index (χ0n) is 12.8. The summed E-state index contributed by atoms with van der Waals surface area (Å²) in [6.07, 6.45) is 0. The van der Waals surface area contributed by atoms with Crippen molar-refractivity contribution in [3.63, 3.8) is 0 Å². The van der Waals surface area contributed by atoms with E-state index in [1.807, 2.05) is 30.3 Å². The Bertz CT molecular complexity index is 1100. The molecule has 0 bridgehead atoms. The van der Waals surface area contributed by atoms with Gasteiger partial charge < -0.3 is 9.51 Å². The fourth-order valence-corrected chi connectivity index (χ4v) is 2.89. The van der Waals surface area contributed by atoms with E-state index in [1.54, 1.807) is 19.1 Å². The molecule has 2 aromatic carbocycles. The van der Waals surface area contributed by atoms with Crippen LogP contribution in [0.3, 0.4) is 0 Å². The van der Waals surface area contributed by atoms with Gasteiger partial charge in [0, 0.05) is 22.5 Å². The second-order valence-corrected chi connectivity index (χ2v) is 5.59. The van der Waals surface area contributed by atoms with Crippen molar-refractivity contribution >= 4 is 10.9 Å². The third kappa shape index (κ3) is 2.31. The summed E-state index contributed by atoms with van der Waals surface area (Å²) in [5, 5.41) is 4.48. The Balaban J connectivity index is 2.18. The minimum Gasteiger partial charge on any atom is -0.356 e. The zero-order chi connectivity index (χ0) is 16.7. The number of hydrogen-bond donors (Lipinski definition) is 1. The van der Waals surface area contributed by atoms with Crippen LogP contribution < -0.4 is 5.56 Å². The van der Waals surface area contributed by atoms with Crippen molar-refractivity contribution in [2.24, 2.45) is 0 Å². The normalized spacial score (nSPS) is 11.1. The molecule has 0 radical (unpaired) electrons. The molecule has 0 unspecified atom stereocenters. The number of aromatic nitrogens is 2. The number of nitrogens with one attached hydrogen (secondary N) is 1. The fourth-order valence-electron chi connectivity index (χ4n) is 2.89. The Hall–Kier alpha value is -3.21. The van der Waals surface area contributed by atoms with Crippen LogP contribution in [0.25, 0.3) is 33.4 Å². The Labute approximate surface area is 136 Å². The first-order valence-electron chi connectivity index (χ1n) is 7.48. The smallest absolute Gasteiger partial charge is 0.260 e. The van der Waals surface area contributed by atoms with Crippen LogP contribution in [-0.4, -0.2) is 10.1 Å². The third-order valence-corrected chi connectivity index (χ3v) is 3.91. The summed E-state index contributed by atoms with van der Waals surface area (Å²) < 4.78 is 19.2. The van der Waals surface area contributed by atoms with Crippen molar-refractivity contribution in [1.29, 1.82) is 0 Å². The monoisotopic (exact) mass is 320 g/mol. The highest BCUT2D eigenvalue weighted by Gasteiger charge is 2.19. The molecule has 2 aromatic heterocycles. The summed E-state index contributed by atoms with van der Waals surface area (Å²) in [4.78, 5) is 15.5. The maximum atomic E-state index is 13.8. The van der Waals surface area contributed by atoms with E-state index in [2.05, 4.69) is 10.1 Å². The van der Waals surface area contributed by atoms with Crippen LogP contribution in [0.4, 0.5) is 4.39 Å². The van der Waals surface area contributed by atoms with Crippen molar-refractivity contribution in [2.75, 3.05) is 0 Å². The lowest BCUT2D eigenvalue weighted by molar-refractivity contribution is 0.427. The van der Waals surface area contributed by atoms with Gasteiger partial charge in [-0.3, -0.25) is 4.79 Å². The average molecular weight is 320 g/mol. The Morgan fingerprint density at radius 2 is 1.83 bits per heavy atom. The van der Waals surface area contributed by atoms with Gasteiger partial charge in [0.25, 0.3) is 5.56 Å². The average Bonchev–Trinajstić information content (AvgIpc) is 3.01. The minimum absolute atomic E-state index is 0.302. The second kappa shape index (κ2) is 5.45. The van der Waals surface area contributed by atoms with E-state index in [1.165, 1.54) is 12.1 Å². The number of benzene rings is 2. The molecule has 5 heteroatoms. The lowest BCUT2D eigenvalue weighted by Gasteiger charge is -2.11. The molecule has 0 saturated heterocycles. The molecule has 118 valence electrons. The summed E-state index contributed by atoms with van der Waals surface area (Å²) in [5.74, 6) is -0.00908. The molecule has 0 amide bonds. The molecular weight excluding hydrogens is 307 g/mol. The standard InChI is InChI=1S/C19H13FN2O2/c1-11-9-16(24-22-11)18-17(12-5-3-2-4-6-12)14-10-13(20)7-8-15(14)21-19(18)23/h2-10H,1H3,(H,21,23). The molecule has 0 saturated carbocycles. The van der Waals surface area contributed by atoms with E-state index in [0.717, 1.165) is 5.56 Å². The van der Waals surface area contributed by atoms with Gasteiger partial charge >= 0.3 is 0 Å². The molecular formula is C19H13FN2O2. The first kappa shape index (κ1) is 14.4. The lowest BCUT2D eigenvalue weighted by atomic mass is 9.95. The molecule has 0 atom stereocenters. The topological polar surface area (TPSA) is 58.9 Å². The van der Waals surface area contributed by atoms with E-state index in [-0.39, 0.29) is 11.4 Å². The Morgan fingerprint density at radius 3 is 2.54 bits per heavy atom. The van der Waals surface area contributed by atoms with E-state index in [9.17, 15) is 9.18 Å². The number of H-pyrrole nitrogens is 1. The van der Waals surface area contributed by atoms with Gasteiger partial charge in [-0.05, 0) is 30.7 Å². The quantitative estimate of drug-likeness (QED) is 0.599. The van der Waals surface area contributed by atoms with Gasteiger partial charge in [0.15, 0.2) is 5.76 Å². The van der Waals surface area contributed by atoms with Crippen LogP contribution in [-0.2, 0) is 0 Å². The molecule has 0 spiro atoms. The van der Waals surface area contributed by atoms with Crippen molar-refractivity contribution in [1.82, 2.24) is 10.1 Å². The molecule has 4 nitrogen and oxygen atoms in total. The first-order valence-corrected chi connectivity index (χ1v) is 7.48. The largest absolute Gasteiger partial charge is 0.356 e. The van der Waals surface area contributed by atoms with Crippen LogP contribution >= 0.6 is 0 Å². The first-order chi connectivity index (χ1) is 11.6. The number of halogens is 1. The predicted octanol–water partition coefficient (Wildman–Crippen LogP) is 4.30. The van der Waals surface area contributed by atoms with Gasteiger partial charge in [0.05, 0.1) is 11.3 Å². The highest BCUT2D eigenvalue weighted by atomic mass is 19.1. The highest BCUT2D eigenvalue weighted by Crippen LogP contribution is 2.35. The van der Waals surface area contributed by atoms with Crippen LogP contribution in [0, 0.1) is 12.7 Å². The van der Waals surface area contributed by atoms with Gasteiger partial charge in [-0.1, -0.05) is 35.5 Å². The number of aromatic amines is 1. The highest BCUT2D eigenvalue weighted by molar-refractivity contribution is 6.01. The van der Waals surface area contributed by atoms with Crippen molar-refractivity contribution in [2.45, 2.75) is 6.92 Å². The summed E-state index contributed by atoms with van der Waals surface area (Å²) in [5.41, 5.74) is 2.72.